The fraction of sp³-hybridized carbons (Fsp3) is 0.143. The summed E-state index contributed by atoms with van der Waals surface area (Å²) in [4.78, 5) is 31.3. The summed E-state index contributed by atoms with van der Waals surface area (Å²) in [7, 11) is 0. The molecule has 0 bridgehead atoms. The number of ether oxygens (including phenoxy) is 1. The van der Waals surface area contributed by atoms with Crippen molar-refractivity contribution in [3.8, 4) is 17.0 Å². The fourth-order valence-corrected chi connectivity index (χ4v) is 3.10. The van der Waals surface area contributed by atoms with Gasteiger partial charge in [0.15, 0.2) is 17.0 Å². The van der Waals surface area contributed by atoms with E-state index >= 15 is 0 Å². The second-order valence-electron chi connectivity index (χ2n) is 6.88. The van der Waals surface area contributed by atoms with E-state index in [9.17, 15) is 31.5 Å². The molecule has 2 aromatic carbocycles. The third-order valence-electron chi connectivity index (χ3n) is 4.49. The molecule has 1 heterocycles. The van der Waals surface area contributed by atoms with E-state index in [1.54, 1.807) is 0 Å². The number of amides is 1. The summed E-state index contributed by atoms with van der Waals surface area (Å²) in [5.74, 6) is -5.74. The van der Waals surface area contributed by atoms with Crippen LogP contribution in [0.2, 0.25) is 10.2 Å². The zero-order chi connectivity index (χ0) is 26.1. The molecule has 3 aromatic rings. The number of carboxylic acids is 1. The first-order valence-electron chi connectivity index (χ1n) is 9.38. The van der Waals surface area contributed by atoms with Gasteiger partial charge in [0.25, 0.3) is 5.91 Å². The third kappa shape index (κ3) is 5.77. The number of carboxylic acid groups (broad SMARTS) is 1. The van der Waals surface area contributed by atoms with Gasteiger partial charge in [0, 0.05) is 5.56 Å². The summed E-state index contributed by atoms with van der Waals surface area (Å²) in [6, 6.07) is 4.69. The summed E-state index contributed by atoms with van der Waals surface area (Å²) in [6.45, 7) is 0.642. The van der Waals surface area contributed by atoms with Crippen molar-refractivity contribution in [1.82, 2.24) is 9.97 Å². The van der Waals surface area contributed by atoms with Crippen LogP contribution < -0.4 is 10.1 Å². The molecule has 1 atom stereocenters. The monoisotopic (exact) mass is 535 g/mol. The Kier molecular flexibility index (Phi) is 7.46. The van der Waals surface area contributed by atoms with E-state index in [0.29, 0.717) is 19.1 Å². The first-order chi connectivity index (χ1) is 16.3. The van der Waals surface area contributed by atoms with Gasteiger partial charge in [-0.3, -0.25) is 4.79 Å². The van der Waals surface area contributed by atoms with Gasteiger partial charge in [-0.25, -0.2) is 23.5 Å². The Balaban J connectivity index is 2.13. The lowest BCUT2D eigenvalue weighted by Gasteiger charge is -2.20. The molecule has 7 nitrogen and oxygen atoms in total. The van der Waals surface area contributed by atoms with Crippen LogP contribution in [0.5, 0.6) is 5.75 Å². The molecule has 0 aliphatic heterocycles. The van der Waals surface area contributed by atoms with Crippen LogP contribution in [-0.4, -0.2) is 39.2 Å². The molecule has 0 radical (unpaired) electrons. The number of hydrogen-bond acceptors (Lipinski definition) is 5. The average Bonchev–Trinajstić information content (AvgIpc) is 2.76. The van der Waals surface area contributed by atoms with E-state index in [1.807, 2.05) is 0 Å². The smallest absolute Gasteiger partial charge is 0.425 e. The van der Waals surface area contributed by atoms with E-state index in [2.05, 4.69) is 15.3 Å². The number of hydrogen-bond donors (Lipinski definition) is 2. The van der Waals surface area contributed by atoms with Crippen LogP contribution in [0.1, 0.15) is 27.8 Å². The quantitative estimate of drug-likeness (QED) is 0.375. The van der Waals surface area contributed by atoms with Gasteiger partial charge < -0.3 is 15.2 Å². The molecule has 0 saturated heterocycles. The van der Waals surface area contributed by atoms with Gasteiger partial charge in [-0.2, -0.15) is 13.2 Å². The maximum atomic E-state index is 15.0. The Morgan fingerprint density at radius 1 is 1.14 bits per heavy atom. The number of anilines is 1. The Morgan fingerprint density at radius 2 is 1.83 bits per heavy atom. The minimum absolute atomic E-state index is 0.223. The summed E-state index contributed by atoms with van der Waals surface area (Å²) in [6.07, 6.45) is -6.44. The van der Waals surface area contributed by atoms with E-state index in [-0.39, 0.29) is 5.02 Å². The average molecular weight is 536 g/mol. The van der Waals surface area contributed by atoms with Gasteiger partial charge in [0.1, 0.15) is 17.4 Å². The van der Waals surface area contributed by atoms with Gasteiger partial charge in [-0.1, -0.05) is 29.3 Å². The van der Waals surface area contributed by atoms with Crippen LogP contribution in [0.15, 0.2) is 36.5 Å². The van der Waals surface area contributed by atoms with Crippen molar-refractivity contribution in [2.45, 2.75) is 19.2 Å². The first kappa shape index (κ1) is 26.1. The number of nitrogens with zero attached hydrogens (tertiary/aromatic N) is 2. The van der Waals surface area contributed by atoms with Crippen LogP contribution in [0.3, 0.4) is 0 Å². The zero-order valence-corrected chi connectivity index (χ0v) is 18.8. The molecule has 0 aliphatic rings. The van der Waals surface area contributed by atoms with Crippen molar-refractivity contribution < 1.29 is 41.4 Å². The Bertz CT molecular complexity index is 1300. The molecule has 14 heteroatoms. The highest BCUT2D eigenvalue weighted by Crippen LogP contribution is 2.34. The van der Waals surface area contributed by atoms with E-state index < -0.39 is 74.9 Å². The second-order valence-corrected chi connectivity index (χ2v) is 7.65. The standard InChI is InChI=1S/C21H12Cl2F5N3O4/c1-8(21(26,27)28)35-15-6-9(14-7-29-18(23)17(30-14)20(33)34)13(25)5-10(15)19(32)31-16-11(22)3-2-4-12(16)24/h2-8H,1H3,(H,31,32)(H,33,34)/t8-/m0/s1. The highest BCUT2D eigenvalue weighted by Gasteiger charge is 2.39. The lowest BCUT2D eigenvalue weighted by molar-refractivity contribution is -0.189. The van der Waals surface area contributed by atoms with Crippen molar-refractivity contribution in [2.75, 3.05) is 5.32 Å². The topological polar surface area (TPSA) is 101 Å². The summed E-state index contributed by atoms with van der Waals surface area (Å²) < 4.78 is 73.3. The molecule has 184 valence electrons. The number of nitrogens with one attached hydrogen (secondary N) is 1. The number of para-hydroxylation sites is 1. The van der Waals surface area contributed by atoms with Gasteiger partial charge in [-0.15, -0.1) is 0 Å². The predicted octanol–water partition coefficient (Wildman–Crippen LogP) is 6.01. The second kappa shape index (κ2) is 10.0. The molecule has 0 aliphatic carbocycles. The number of halogens is 7. The summed E-state index contributed by atoms with van der Waals surface area (Å²) in [5.41, 5.74) is -2.93. The maximum absolute atomic E-state index is 15.0. The molecule has 0 unspecified atom stereocenters. The minimum atomic E-state index is -4.87. The fourth-order valence-electron chi connectivity index (χ4n) is 2.72. The molecule has 0 fully saturated rings. The molecular formula is C21H12Cl2F5N3O4. The van der Waals surface area contributed by atoms with Gasteiger partial charge >= 0.3 is 12.1 Å². The maximum Gasteiger partial charge on any atom is 0.425 e. The van der Waals surface area contributed by atoms with Crippen LogP contribution >= 0.6 is 23.2 Å². The van der Waals surface area contributed by atoms with Crippen molar-refractivity contribution >= 4 is 40.8 Å². The van der Waals surface area contributed by atoms with Crippen molar-refractivity contribution in [1.29, 1.82) is 0 Å². The molecule has 2 N–H and O–H groups in total. The SMILES string of the molecule is C[C@H](Oc1cc(-c2cnc(Cl)c(C(=O)O)n2)c(F)cc1C(=O)Nc1c(F)cccc1Cl)C(F)(F)F. The minimum Gasteiger partial charge on any atom is -0.480 e. The first-order valence-corrected chi connectivity index (χ1v) is 10.1. The van der Waals surface area contributed by atoms with Gasteiger partial charge in [-0.05, 0) is 31.2 Å². The molecule has 0 saturated carbocycles. The number of carbonyl (C=O) groups is 2. The van der Waals surface area contributed by atoms with Gasteiger partial charge in [0.05, 0.1) is 28.2 Å². The number of alkyl halides is 3. The Hall–Kier alpha value is -3.51. The lowest BCUT2D eigenvalue weighted by Crippen LogP contribution is -2.32. The Labute approximate surface area is 203 Å². The number of carbonyl (C=O) groups excluding carboxylic acids is 1. The Morgan fingerprint density at radius 3 is 2.43 bits per heavy atom. The van der Waals surface area contributed by atoms with Crippen molar-refractivity contribution in [3.05, 3.63) is 69.6 Å². The zero-order valence-electron chi connectivity index (χ0n) is 17.3. The number of benzene rings is 2. The highest BCUT2D eigenvalue weighted by molar-refractivity contribution is 6.34. The molecule has 0 spiro atoms. The molecule has 1 aromatic heterocycles. The van der Waals surface area contributed by atoms with Crippen LogP contribution in [0.4, 0.5) is 27.6 Å². The van der Waals surface area contributed by atoms with Crippen LogP contribution in [-0.2, 0) is 0 Å². The summed E-state index contributed by atoms with van der Waals surface area (Å²) >= 11 is 11.5. The largest absolute Gasteiger partial charge is 0.480 e. The van der Waals surface area contributed by atoms with E-state index in [1.165, 1.54) is 12.1 Å². The molecule has 35 heavy (non-hydrogen) atoms. The summed E-state index contributed by atoms with van der Waals surface area (Å²) in [5, 5.41) is 10.5. The van der Waals surface area contributed by atoms with Gasteiger partial charge in [0.2, 0.25) is 0 Å². The normalized spacial score (nSPS) is 12.2. The van der Waals surface area contributed by atoms with E-state index in [0.717, 1.165) is 12.3 Å². The van der Waals surface area contributed by atoms with Crippen molar-refractivity contribution in [3.63, 3.8) is 0 Å². The van der Waals surface area contributed by atoms with E-state index in [4.69, 9.17) is 33.0 Å². The number of aromatic nitrogens is 2. The molecule has 3 rings (SSSR count). The van der Waals surface area contributed by atoms with Crippen LogP contribution in [0, 0.1) is 11.6 Å². The third-order valence-corrected chi connectivity index (χ3v) is 5.08. The molecule has 1 amide bonds. The lowest BCUT2D eigenvalue weighted by atomic mass is 10.1. The number of rotatable bonds is 6. The number of aromatic carboxylic acids is 1. The predicted molar refractivity (Wildman–Crippen MR) is 115 cm³/mol. The van der Waals surface area contributed by atoms with Crippen molar-refractivity contribution in [2.24, 2.45) is 0 Å². The highest BCUT2D eigenvalue weighted by atomic mass is 35.5. The van der Waals surface area contributed by atoms with Crippen LogP contribution in [0.25, 0.3) is 11.3 Å². The molecular weight excluding hydrogens is 524 g/mol.